The molecule has 0 aromatic carbocycles. The molecule has 0 saturated carbocycles. The van der Waals surface area contributed by atoms with E-state index in [1.54, 1.807) is 11.8 Å². The maximum Gasteiger partial charge on any atom is 0.233 e. The number of ketones is 1. The summed E-state index contributed by atoms with van der Waals surface area (Å²) in [6.45, 7) is 4.35. The fourth-order valence-electron chi connectivity index (χ4n) is 2.65. The van der Waals surface area contributed by atoms with Crippen molar-refractivity contribution in [2.75, 3.05) is 13.2 Å². The molecule has 1 aliphatic rings. The van der Waals surface area contributed by atoms with Crippen molar-refractivity contribution in [2.24, 2.45) is 5.92 Å². The Morgan fingerprint density at radius 3 is 2.80 bits per heavy atom. The summed E-state index contributed by atoms with van der Waals surface area (Å²) >= 11 is 0. The first kappa shape index (κ1) is 16.9. The molecule has 0 bridgehead atoms. The standard InChI is InChI=1S/C16H27NO3/c1-3-4-5-6-7-10-15(19)13(2)16(20)17-11-8-9-14(17)12-18/h3-4,13-14,18H,5-12H2,1-2H3/b4-3+/t13-,14+/m1/s1. The quantitative estimate of drug-likeness (QED) is 0.422. The van der Waals surface area contributed by atoms with Gasteiger partial charge in [-0.05, 0) is 46.0 Å². The second-order valence-corrected chi connectivity index (χ2v) is 5.51. The third kappa shape index (κ3) is 4.75. The number of nitrogens with zero attached hydrogens (tertiary/aromatic N) is 1. The van der Waals surface area contributed by atoms with Crippen molar-refractivity contribution >= 4 is 11.7 Å². The van der Waals surface area contributed by atoms with Crippen molar-refractivity contribution in [3.63, 3.8) is 0 Å². The zero-order valence-corrected chi connectivity index (χ0v) is 12.7. The third-order valence-corrected chi connectivity index (χ3v) is 4.00. The van der Waals surface area contributed by atoms with E-state index in [4.69, 9.17) is 0 Å². The molecule has 1 N–H and O–H groups in total. The number of hydrogen-bond donors (Lipinski definition) is 1. The molecule has 1 aliphatic heterocycles. The van der Waals surface area contributed by atoms with Crippen LogP contribution in [0.5, 0.6) is 0 Å². The Balaban J connectivity index is 2.37. The van der Waals surface area contributed by atoms with Crippen LogP contribution >= 0.6 is 0 Å². The van der Waals surface area contributed by atoms with E-state index in [-0.39, 0.29) is 24.3 Å². The van der Waals surface area contributed by atoms with E-state index in [0.717, 1.165) is 32.1 Å². The molecule has 0 unspecified atom stereocenters. The zero-order valence-electron chi connectivity index (χ0n) is 12.7. The topological polar surface area (TPSA) is 57.6 Å². The van der Waals surface area contributed by atoms with Gasteiger partial charge in [-0.3, -0.25) is 9.59 Å². The molecular formula is C16H27NO3. The van der Waals surface area contributed by atoms with Gasteiger partial charge in [0.15, 0.2) is 0 Å². The molecule has 20 heavy (non-hydrogen) atoms. The maximum atomic E-state index is 12.3. The summed E-state index contributed by atoms with van der Waals surface area (Å²) in [7, 11) is 0. The lowest BCUT2D eigenvalue weighted by Gasteiger charge is -2.25. The monoisotopic (exact) mass is 281 g/mol. The van der Waals surface area contributed by atoms with Crippen LogP contribution in [0.15, 0.2) is 12.2 Å². The summed E-state index contributed by atoms with van der Waals surface area (Å²) in [6, 6.07) is -0.0903. The molecule has 0 aromatic heterocycles. The highest BCUT2D eigenvalue weighted by atomic mass is 16.3. The first-order valence-electron chi connectivity index (χ1n) is 7.67. The van der Waals surface area contributed by atoms with Gasteiger partial charge in [0, 0.05) is 13.0 Å². The Hall–Kier alpha value is -1.16. The molecule has 4 heteroatoms. The first-order valence-corrected chi connectivity index (χ1v) is 7.67. The lowest BCUT2D eigenvalue weighted by Crippen LogP contribution is -2.42. The predicted octanol–water partition coefficient (Wildman–Crippen LogP) is 2.31. The van der Waals surface area contributed by atoms with Crippen LogP contribution in [0.4, 0.5) is 0 Å². The van der Waals surface area contributed by atoms with E-state index in [0.29, 0.717) is 13.0 Å². The molecule has 2 atom stereocenters. The average molecular weight is 281 g/mol. The molecule has 1 fully saturated rings. The van der Waals surface area contributed by atoms with Gasteiger partial charge in [0.2, 0.25) is 5.91 Å². The molecule has 1 heterocycles. The summed E-state index contributed by atoms with van der Waals surface area (Å²) < 4.78 is 0. The Labute approximate surface area is 121 Å². The number of Topliss-reactive ketones (excluding diaryl/α,β-unsaturated/α-hetero) is 1. The van der Waals surface area contributed by atoms with E-state index in [1.807, 2.05) is 13.0 Å². The summed E-state index contributed by atoms with van der Waals surface area (Å²) in [5, 5.41) is 9.24. The lowest BCUT2D eigenvalue weighted by atomic mass is 9.99. The molecule has 1 rings (SSSR count). The minimum absolute atomic E-state index is 0.00397. The minimum atomic E-state index is -0.566. The van der Waals surface area contributed by atoms with Crippen molar-refractivity contribution in [3.8, 4) is 0 Å². The van der Waals surface area contributed by atoms with Gasteiger partial charge in [-0.15, -0.1) is 0 Å². The van der Waals surface area contributed by atoms with Gasteiger partial charge < -0.3 is 10.0 Å². The highest BCUT2D eigenvalue weighted by Crippen LogP contribution is 2.20. The van der Waals surface area contributed by atoms with Gasteiger partial charge in [-0.25, -0.2) is 0 Å². The number of hydrogen-bond acceptors (Lipinski definition) is 3. The number of amides is 1. The summed E-state index contributed by atoms with van der Waals surface area (Å²) in [5.41, 5.74) is 0. The van der Waals surface area contributed by atoms with Gasteiger partial charge in [0.05, 0.1) is 18.6 Å². The maximum absolute atomic E-state index is 12.3. The van der Waals surface area contributed by atoms with Crippen LogP contribution in [0.2, 0.25) is 0 Å². The fourth-order valence-corrected chi connectivity index (χ4v) is 2.65. The Morgan fingerprint density at radius 2 is 2.15 bits per heavy atom. The number of rotatable bonds is 8. The molecule has 114 valence electrons. The van der Waals surface area contributed by atoms with Crippen molar-refractivity contribution in [2.45, 2.75) is 58.4 Å². The van der Waals surface area contributed by atoms with Crippen molar-refractivity contribution in [1.82, 2.24) is 4.90 Å². The van der Waals surface area contributed by atoms with E-state index in [2.05, 4.69) is 6.08 Å². The number of allylic oxidation sites excluding steroid dienone is 2. The number of carbonyl (C=O) groups excluding carboxylic acids is 2. The lowest BCUT2D eigenvalue weighted by molar-refractivity contribution is -0.141. The number of likely N-dealkylation sites (tertiary alicyclic amines) is 1. The Morgan fingerprint density at radius 1 is 1.40 bits per heavy atom. The summed E-state index contributed by atoms with van der Waals surface area (Å²) in [6.07, 6.45) is 9.15. The van der Waals surface area contributed by atoms with Crippen LogP contribution in [-0.2, 0) is 9.59 Å². The number of carbonyl (C=O) groups is 2. The van der Waals surface area contributed by atoms with Crippen molar-refractivity contribution < 1.29 is 14.7 Å². The van der Waals surface area contributed by atoms with Crippen molar-refractivity contribution in [3.05, 3.63) is 12.2 Å². The smallest absolute Gasteiger partial charge is 0.233 e. The number of aliphatic hydroxyl groups is 1. The average Bonchev–Trinajstić information content (AvgIpc) is 2.93. The van der Waals surface area contributed by atoms with Crippen molar-refractivity contribution in [1.29, 1.82) is 0 Å². The van der Waals surface area contributed by atoms with Crippen LogP contribution in [0, 0.1) is 5.92 Å². The van der Waals surface area contributed by atoms with Gasteiger partial charge in [-0.2, -0.15) is 0 Å². The van der Waals surface area contributed by atoms with Crippen LogP contribution in [0.3, 0.4) is 0 Å². The van der Waals surface area contributed by atoms with E-state index < -0.39 is 5.92 Å². The largest absolute Gasteiger partial charge is 0.394 e. The zero-order chi connectivity index (χ0) is 15.0. The van der Waals surface area contributed by atoms with Crippen LogP contribution < -0.4 is 0 Å². The normalized spacial score (nSPS) is 20.6. The Bertz CT molecular complexity index is 352. The van der Waals surface area contributed by atoms with Gasteiger partial charge in [0.25, 0.3) is 0 Å². The molecule has 0 radical (unpaired) electrons. The molecule has 1 amide bonds. The van der Waals surface area contributed by atoms with Gasteiger partial charge >= 0.3 is 0 Å². The Kier molecular flexibility index (Phi) is 7.52. The molecule has 4 nitrogen and oxygen atoms in total. The van der Waals surface area contributed by atoms with E-state index in [1.165, 1.54) is 0 Å². The molecule has 0 aromatic rings. The predicted molar refractivity (Wildman–Crippen MR) is 79.3 cm³/mol. The molecule has 0 spiro atoms. The van der Waals surface area contributed by atoms with Gasteiger partial charge in [0.1, 0.15) is 5.78 Å². The molecule has 1 saturated heterocycles. The second kappa shape index (κ2) is 8.90. The van der Waals surface area contributed by atoms with E-state index in [9.17, 15) is 14.7 Å². The second-order valence-electron chi connectivity index (χ2n) is 5.51. The first-order chi connectivity index (χ1) is 9.61. The minimum Gasteiger partial charge on any atom is -0.394 e. The molecular weight excluding hydrogens is 254 g/mol. The number of unbranched alkanes of at least 4 members (excludes halogenated alkanes) is 2. The van der Waals surface area contributed by atoms with Crippen LogP contribution in [0.25, 0.3) is 0 Å². The highest BCUT2D eigenvalue weighted by Gasteiger charge is 2.33. The SMILES string of the molecule is C/C=C/CCCCC(=O)[C@@H](C)C(=O)N1CCC[C@H]1CO. The van der Waals surface area contributed by atoms with Crippen LogP contribution in [-0.4, -0.2) is 40.9 Å². The van der Waals surface area contributed by atoms with Gasteiger partial charge in [-0.1, -0.05) is 12.2 Å². The summed E-state index contributed by atoms with van der Waals surface area (Å²) in [4.78, 5) is 26.0. The fraction of sp³-hybridized carbons (Fsp3) is 0.750. The third-order valence-electron chi connectivity index (χ3n) is 4.00. The highest BCUT2D eigenvalue weighted by molar-refractivity contribution is 6.01. The van der Waals surface area contributed by atoms with Crippen LogP contribution in [0.1, 0.15) is 52.4 Å². The summed E-state index contributed by atoms with van der Waals surface area (Å²) in [5.74, 6) is -0.650. The molecule has 0 aliphatic carbocycles. The number of aliphatic hydroxyl groups excluding tert-OH is 1. The van der Waals surface area contributed by atoms with E-state index >= 15 is 0 Å².